The minimum Gasteiger partial charge on any atom is -0.346 e. The molecule has 1 fully saturated rings. The minimum atomic E-state index is -0.879. The Balaban J connectivity index is 0.00000169. The zero-order valence-electron chi connectivity index (χ0n) is 13.5. The van der Waals surface area contributed by atoms with Crippen LogP contribution in [0.2, 0.25) is 5.02 Å². The fourth-order valence-electron chi connectivity index (χ4n) is 2.90. The molecule has 0 aliphatic carbocycles. The zero-order valence-corrected chi connectivity index (χ0v) is 15.9. The molecule has 3 rings (SSSR count). The summed E-state index contributed by atoms with van der Waals surface area (Å²) in [7, 11) is 0. The van der Waals surface area contributed by atoms with E-state index < -0.39 is 11.6 Å². The van der Waals surface area contributed by atoms with E-state index in [4.69, 9.17) is 11.6 Å². The summed E-state index contributed by atoms with van der Waals surface area (Å²) in [5, 5.41) is 6.57. The largest absolute Gasteiger partial charge is 0.346 e. The van der Waals surface area contributed by atoms with Gasteiger partial charge in [-0.2, -0.15) is 0 Å². The monoisotopic (exact) mass is 423 g/mol. The second-order valence-corrected chi connectivity index (χ2v) is 6.15. The summed E-state index contributed by atoms with van der Waals surface area (Å²) < 4.78 is 26.7. The maximum atomic E-state index is 13.5. The van der Waals surface area contributed by atoms with Gasteiger partial charge in [0.25, 0.3) is 5.91 Å². The highest BCUT2D eigenvalue weighted by Gasteiger charge is 2.28. The lowest BCUT2D eigenvalue weighted by atomic mass is 9.86. The lowest BCUT2D eigenvalue weighted by Gasteiger charge is -2.33. The molecule has 2 aromatic rings. The van der Waals surface area contributed by atoms with Crippen LogP contribution in [0.1, 0.15) is 28.4 Å². The van der Waals surface area contributed by atoms with Crippen LogP contribution in [0.15, 0.2) is 36.5 Å². The molecule has 9 heteroatoms. The van der Waals surface area contributed by atoms with E-state index in [0.29, 0.717) is 23.6 Å². The molecule has 0 bridgehead atoms. The van der Waals surface area contributed by atoms with Crippen LogP contribution >= 0.6 is 36.4 Å². The maximum Gasteiger partial charge on any atom is 0.270 e. The third kappa shape index (κ3) is 5.27. The molecule has 2 N–H and O–H groups in total. The number of nitrogens with zero attached hydrogens (tertiary/aromatic N) is 1. The van der Waals surface area contributed by atoms with Crippen molar-refractivity contribution in [1.82, 2.24) is 15.6 Å². The first-order chi connectivity index (χ1) is 11.5. The predicted molar refractivity (Wildman–Crippen MR) is 102 cm³/mol. The Morgan fingerprint density at radius 3 is 2.62 bits per heavy atom. The van der Waals surface area contributed by atoms with E-state index in [1.165, 1.54) is 12.3 Å². The van der Waals surface area contributed by atoms with Gasteiger partial charge in [0.05, 0.1) is 5.02 Å². The van der Waals surface area contributed by atoms with Crippen LogP contribution in [0.3, 0.4) is 0 Å². The molecular formula is C17H18Cl3F2N3O. The van der Waals surface area contributed by atoms with Crippen LogP contribution in [0.5, 0.6) is 0 Å². The summed E-state index contributed by atoms with van der Waals surface area (Å²) >= 11 is 5.77. The van der Waals surface area contributed by atoms with Crippen molar-refractivity contribution in [3.63, 3.8) is 0 Å². The fraction of sp³-hybridized carbons (Fsp3) is 0.294. The summed E-state index contributed by atoms with van der Waals surface area (Å²) in [5.74, 6) is -2.18. The molecule has 4 nitrogen and oxygen atoms in total. The number of halogens is 5. The van der Waals surface area contributed by atoms with Crippen LogP contribution in [-0.2, 0) is 0 Å². The van der Waals surface area contributed by atoms with Crippen molar-refractivity contribution in [2.75, 3.05) is 13.1 Å². The van der Waals surface area contributed by atoms with Gasteiger partial charge in [0.15, 0.2) is 11.6 Å². The lowest BCUT2D eigenvalue weighted by Crippen LogP contribution is -2.50. The standard InChI is InChI=1S/C17H16ClF2N3O.2ClH/c18-11-2-4-15(22-8-11)17(24)23-16-9-21-6-5-12(16)10-1-3-13(19)14(20)7-10;;/h1-4,7-8,12,16,21H,5-6,9H2,(H,23,24);2*1H. The van der Waals surface area contributed by atoms with Gasteiger partial charge in [-0.25, -0.2) is 13.8 Å². The van der Waals surface area contributed by atoms with E-state index in [1.54, 1.807) is 18.2 Å². The van der Waals surface area contributed by atoms with E-state index >= 15 is 0 Å². The molecule has 1 saturated heterocycles. The highest BCUT2D eigenvalue weighted by Crippen LogP contribution is 2.27. The molecule has 142 valence electrons. The molecule has 2 atom stereocenters. The third-order valence-corrected chi connectivity index (χ3v) is 4.35. The average molecular weight is 425 g/mol. The first kappa shape index (κ1) is 22.6. The number of carbonyl (C=O) groups is 1. The Morgan fingerprint density at radius 2 is 1.96 bits per heavy atom. The third-order valence-electron chi connectivity index (χ3n) is 4.13. The first-order valence-corrected chi connectivity index (χ1v) is 8.00. The number of benzene rings is 1. The van der Waals surface area contributed by atoms with Crippen LogP contribution in [0, 0.1) is 11.6 Å². The van der Waals surface area contributed by atoms with Gasteiger partial charge in [-0.15, -0.1) is 24.8 Å². The van der Waals surface area contributed by atoms with Gasteiger partial charge in [-0.05, 0) is 42.8 Å². The van der Waals surface area contributed by atoms with Crippen molar-refractivity contribution in [3.8, 4) is 0 Å². The predicted octanol–water partition coefficient (Wildman–Crippen LogP) is 3.73. The van der Waals surface area contributed by atoms with Gasteiger partial charge in [0.2, 0.25) is 0 Å². The number of nitrogens with one attached hydrogen (secondary N) is 2. The van der Waals surface area contributed by atoms with Crippen molar-refractivity contribution < 1.29 is 13.6 Å². The summed E-state index contributed by atoms with van der Waals surface area (Å²) in [4.78, 5) is 16.3. The fourth-order valence-corrected chi connectivity index (χ4v) is 3.02. The van der Waals surface area contributed by atoms with Crippen molar-refractivity contribution in [3.05, 3.63) is 64.4 Å². The summed E-state index contributed by atoms with van der Waals surface area (Å²) in [6.07, 6.45) is 2.12. The molecule has 26 heavy (non-hydrogen) atoms. The normalized spacial score (nSPS) is 19.0. The second-order valence-electron chi connectivity index (χ2n) is 5.71. The van der Waals surface area contributed by atoms with Gasteiger partial charge >= 0.3 is 0 Å². The van der Waals surface area contributed by atoms with Crippen LogP contribution in [0.4, 0.5) is 8.78 Å². The number of hydrogen-bond acceptors (Lipinski definition) is 3. The topological polar surface area (TPSA) is 54.0 Å². The molecule has 1 aliphatic heterocycles. The smallest absolute Gasteiger partial charge is 0.270 e. The van der Waals surface area contributed by atoms with Crippen molar-refractivity contribution >= 4 is 42.3 Å². The SMILES string of the molecule is Cl.Cl.O=C(NC1CNCCC1c1ccc(F)c(F)c1)c1ccc(Cl)cn1. The van der Waals surface area contributed by atoms with E-state index in [9.17, 15) is 13.6 Å². The van der Waals surface area contributed by atoms with Crippen molar-refractivity contribution in [2.45, 2.75) is 18.4 Å². The Labute approximate surface area is 167 Å². The number of pyridine rings is 1. The summed E-state index contributed by atoms with van der Waals surface area (Å²) in [6.45, 7) is 1.29. The lowest BCUT2D eigenvalue weighted by molar-refractivity contribution is 0.0919. The highest BCUT2D eigenvalue weighted by atomic mass is 35.5. The van der Waals surface area contributed by atoms with Gasteiger partial charge in [0.1, 0.15) is 5.69 Å². The Bertz CT molecular complexity index is 747. The van der Waals surface area contributed by atoms with Crippen LogP contribution < -0.4 is 10.6 Å². The van der Waals surface area contributed by atoms with Crippen LogP contribution in [-0.4, -0.2) is 30.0 Å². The van der Waals surface area contributed by atoms with Gasteiger partial charge < -0.3 is 10.6 Å². The molecule has 0 radical (unpaired) electrons. The quantitative estimate of drug-likeness (QED) is 0.789. The van der Waals surface area contributed by atoms with E-state index in [0.717, 1.165) is 12.6 Å². The maximum absolute atomic E-state index is 13.5. The molecule has 1 aromatic carbocycles. The molecule has 0 spiro atoms. The number of amides is 1. The van der Waals surface area contributed by atoms with E-state index in [-0.39, 0.29) is 48.4 Å². The average Bonchev–Trinajstić information content (AvgIpc) is 2.58. The zero-order chi connectivity index (χ0) is 17.1. The molecule has 1 aromatic heterocycles. The number of rotatable bonds is 3. The number of carbonyl (C=O) groups excluding carboxylic acids is 1. The van der Waals surface area contributed by atoms with E-state index in [1.807, 2.05) is 0 Å². The van der Waals surface area contributed by atoms with Gasteiger partial charge in [-0.1, -0.05) is 17.7 Å². The van der Waals surface area contributed by atoms with Crippen molar-refractivity contribution in [2.24, 2.45) is 0 Å². The number of piperidine rings is 1. The molecule has 2 heterocycles. The van der Waals surface area contributed by atoms with E-state index in [2.05, 4.69) is 15.6 Å². The molecular weight excluding hydrogens is 407 g/mol. The molecule has 0 saturated carbocycles. The summed E-state index contributed by atoms with van der Waals surface area (Å²) in [6, 6.07) is 6.77. The minimum absolute atomic E-state index is 0. The van der Waals surface area contributed by atoms with Crippen LogP contribution in [0.25, 0.3) is 0 Å². The molecule has 2 unspecified atom stereocenters. The Morgan fingerprint density at radius 1 is 1.19 bits per heavy atom. The Hall–Kier alpha value is -1.47. The van der Waals surface area contributed by atoms with Crippen molar-refractivity contribution in [1.29, 1.82) is 0 Å². The highest BCUT2D eigenvalue weighted by molar-refractivity contribution is 6.30. The molecule has 1 amide bonds. The first-order valence-electron chi connectivity index (χ1n) is 7.62. The van der Waals surface area contributed by atoms with Gasteiger partial charge in [-0.3, -0.25) is 4.79 Å². The second kappa shape index (κ2) is 10.0. The molecule has 1 aliphatic rings. The Kier molecular flexibility index (Phi) is 8.70. The summed E-state index contributed by atoms with van der Waals surface area (Å²) in [5.41, 5.74) is 0.929. The van der Waals surface area contributed by atoms with Gasteiger partial charge in [0, 0.05) is 24.7 Å². The number of aromatic nitrogens is 1. The number of hydrogen-bond donors (Lipinski definition) is 2.